The van der Waals surface area contributed by atoms with E-state index in [-0.39, 0.29) is 23.3 Å². The largest absolute Gasteiger partial charge is 0.384 e. The third kappa shape index (κ3) is 4.41. The van der Waals surface area contributed by atoms with Gasteiger partial charge in [-0.15, -0.1) is 0 Å². The minimum atomic E-state index is -0.839. The van der Waals surface area contributed by atoms with Crippen LogP contribution in [0.1, 0.15) is 31.1 Å². The second-order valence-electron chi connectivity index (χ2n) is 4.74. The van der Waals surface area contributed by atoms with Crippen molar-refractivity contribution in [1.82, 2.24) is 15.6 Å². The summed E-state index contributed by atoms with van der Waals surface area (Å²) >= 11 is 0. The molecule has 0 radical (unpaired) electrons. The Hall–Kier alpha value is -2.71. The predicted molar refractivity (Wildman–Crippen MR) is 75.5 cm³/mol. The maximum Gasteiger partial charge on any atom is 0.300 e. The number of carbonyl (C=O) groups is 2. The molecule has 114 valence electrons. The van der Waals surface area contributed by atoms with E-state index < -0.39 is 22.6 Å². The summed E-state index contributed by atoms with van der Waals surface area (Å²) in [5.41, 5.74) is 4.72. The van der Waals surface area contributed by atoms with Crippen LogP contribution >= 0.6 is 0 Å². The number of aromatic nitrogens is 1. The van der Waals surface area contributed by atoms with Crippen LogP contribution in [0.5, 0.6) is 0 Å². The highest BCUT2D eigenvalue weighted by Crippen LogP contribution is 2.18. The van der Waals surface area contributed by atoms with Crippen molar-refractivity contribution in [2.75, 3.05) is 5.73 Å². The normalized spacial score (nSPS) is 11.8. The molecular formula is C12H17N5O4. The average molecular weight is 295 g/mol. The SMILES string of the molecule is CC(C)NC(=O)C(C)NC(=O)c1cc(N)ncc1[N+](=O)[O-]. The summed E-state index contributed by atoms with van der Waals surface area (Å²) in [4.78, 5) is 37.5. The maximum atomic E-state index is 12.0. The number of rotatable bonds is 5. The van der Waals surface area contributed by atoms with Crippen LogP contribution in [0.4, 0.5) is 11.5 Å². The summed E-state index contributed by atoms with van der Waals surface area (Å²) in [6.07, 6.45) is 0.906. The first-order chi connectivity index (χ1) is 9.72. The van der Waals surface area contributed by atoms with Gasteiger partial charge in [-0.2, -0.15) is 0 Å². The molecule has 1 aromatic rings. The third-order valence-corrected chi connectivity index (χ3v) is 2.52. The first kappa shape index (κ1) is 16.3. The molecule has 0 saturated heterocycles. The van der Waals surface area contributed by atoms with Gasteiger partial charge in [0.25, 0.3) is 11.6 Å². The molecule has 0 aliphatic carbocycles. The van der Waals surface area contributed by atoms with E-state index in [2.05, 4.69) is 15.6 Å². The third-order valence-electron chi connectivity index (χ3n) is 2.52. The fourth-order valence-electron chi connectivity index (χ4n) is 1.54. The van der Waals surface area contributed by atoms with Crippen molar-refractivity contribution in [2.45, 2.75) is 32.9 Å². The highest BCUT2D eigenvalue weighted by Gasteiger charge is 2.24. The lowest BCUT2D eigenvalue weighted by Crippen LogP contribution is -2.46. The van der Waals surface area contributed by atoms with E-state index in [0.717, 1.165) is 12.3 Å². The van der Waals surface area contributed by atoms with Crippen LogP contribution in [0.25, 0.3) is 0 Å². The van der Waals surface area contributed by atoms with Crippen molar-refractivity contribution in [3.8, 4) is 0 Å². The van der Waals surface area contributed by atoms with E-state index >= 15 is 0 Å². The summed E-state index contributed by atoms with van der Waals surface area (Å²) in [5, 5.41) is 15.9. The lowest BCUT2D eigenvalue weighted by molar-refractivity contribution is -0.385. The van der Waals surface area contributed by atoms with Crippen molar-refractivity contribution < 1.29 is 14.5 Å². The van der Waals surface area contributed by atoms with E-state index in [1.165, 1.54) is 6.92 Å². The predicted octanol–water partition coefficient (Wildman–Crippen LogP) is 0.215. The number of pyridine rings is 1. The van der Waals surface area contributed by atoms with E-state index in [9.17, 15) is 19.7 Å². The van der Waals surface area contributed by atoms with Gasteiger partial charge in [-0.3, -0.25) is 19.7 Å². The van der Waals surface area contributed by atoms with Gasteiger partial charge >= 0.3 is 0 Å². The van der Waals surface area contributed by atoms with Gasteiger partial charge in [0.2, 0.25) is 5.91 Å². The molecule has 4 N–H and O–H groups in total. The van der Waals surface area contributed by atoms with Crippen LogP contribution in [-0.2, 0) is 4.79 Å². The van der Waals surface area contributed by atoms with Gasteiger partial charge in [-0.05, 0) is 26.8 Å². The molecular weight excluding hydrogens is 278 g/mol. The molecule has 1 atom stereocenters. The molecule has 1 heterocycles. The fourth-order valence-corrected chi connectivity index (χ4v) is 1.54. The molecule has 0 spiro atoms. The number of nitrogens with zero attached hydrogens (tertiary/aromatic N) is 2. The van der Waals surface area contributed by atoms with Gasteiger partial charge in [-0.25, -0.2) is 4.98 Å². The smallest absolute Gasteiger partial charge is 0.300 e. The molecule has 1 unspecified atom stereocenters. The average Bonchev–Trinajstić information content (AvgIpc) is 2.37. The van der Waals surface area contributed by atoms with Crippen molar-refractivity contribution >= 4 is 23.3 Å². The molecule has 0 fully saturated rings. The number of nitrogen functional groups attached to an aromatic ring is 1. The molecule has 1 rings (SSSR count). The lowest BCUT2D eigenvalue weighted by atomic mass is 10.2. The second-order valence-corrected chi connectivity index (χ2v) is 4.74. The van der Waals surface area contributed by atoms with Gasteiger partial charge in [0.1, 0.15) is 23.6 Å². The lowest BCUT2D eigenvalue weighted by Gasteiger charge is -2.16. The van der Waals surface area contributed by atoms with Gasteiger partial charge in [0.05, 0.1) is 4.92 Å². The van der Waals surface area contributed by atoms with Crippen LogP contribution in [0.3, 0.4) is 0 Å². The Morgan fingerprint density at radius 2 is 1.95 bits per heavy atom. The summed E-state index contributed by atoms with van der Waals surface area (Å²) in [6, 6.07) is 0.178. The molecule has 0 aliphatic rings. The van der Waals surface area contributed by atoms with Gasteiger partial charge in [-0.1, -0.05) is 0 Å². The van der Waals surface area contributed by atoms with E-state index in [1.807, 2.05) is 0 Å². The monoisotopic (exact) mass is 295 g/mol. The zero-order chi connectivity index (χ0) is 16.2. The Morgan fingerprint density at radius 3 is 2.48 bits per heavy atom. The number of anilines is 1. The van der Waals surface area contributed by atoms with Crippen LogP contribution in [-0.4, -0.2) is 33.8 Å². The number of nitro groups is 1. The Morgan fingerprint density at radius 1 is 1.33 bits per heavy atom. The van der Waals surface area contributed by atoms with Crippen molar-refractivity contribution in [3.63, 3.8) is 0 Å². The number of nitrogens with two attached hydrogens (primary N) is 1. The summed E-state index contributed by atoms with van der Waals surface area (Å²) < 4.78 is 0. The Kier molecular flexibility index (Phi) is 5.17. The van der Waals surface area contributed by atoms with Crippen molar-refractivity contribution in [3.05, 3.63) is 27.9 Å². The highest BCUT2D eigenvalue weighted by atomic mass is 16.6. The molecule has 9 heteroatoms. The molecule has 0 saturated carbocycles. The van der Waals surface area contributed by atoms with Gasteiger partial charge in [0, 0.05) is 6.04 Å². The van der Waals surface area contributed by atoms with Crippen molar-refractivity contribution in [2.24, 2.45) is 0 Å². The van der Waals surface area contributed by atoms with E-state index in [1.54, 1.807) is 13.8 Å². The highest BCUT2D eigenvalue weighted by molar-refractivity contribution is 6.00. The molecule has 0 aliphatic heterocycles. The number of nitrogens with one attached hydrogen (secondary N) is 2. The second kappa shape index (κ2) is 6.64. The molecule has 0 aromatic carbocycles. The first-order valence-corrected chi connectivity index (χ1v) is 6.23. The topological polar surface area (TPSA) is 140 Å². The number of amides is 2. The minimum Gasteiger partial charge on any atom is -0.384 e. The minimum absolute atomic E-state index is 0.0231. The quantitative estimate of drug-likeness (QED) is 0.524. The van der Waals surface area contributed by atoms with Crippen LogP contribution in [0, 0.1) is 10.1 Å². The van der Waals surface area contributed by atoms with E-state index in [4.69, 9.17) is 5.73 Å². The summed E-state index contributed by atoms with van der Waals surface area (Å²) in [5.74, 6) is -1.17. The number of hydrogen-bond acceptors (Lipinski definition) is 6. The molecule has 9 nitrogen and oxygen atoms in total. The zero-order valence-corrected chi connectivity index (χ0v) is 11.9. The van der Waals surface area contributed by atoms with E-state index in [0.29, 0.717) is 0 Å². The Balaban J connectivity index is 2.92. The summed E-state index contributed by atoms with van der Waals surface area (Å²) in [7, 11) is 0. The zero-order valence-electron chi connectivity index (χ0n) is 11.9. The maximum absolute atomic E-state index is 12.0. The summed E-state index contributed by atoms with van der Waals surface area (Å²) in [6.45, 7) is 5.04. The van der Waals surface area contributed by atoms with Crippen LogP contribution < -0.4 is 16.4 Å². The first-order valence-electron chi connectivity index (χ1n) is 6.23. The van der Waals surface area contributed by atoms with Gasteiger partial charge in [0.15, 0.2) is 0 Å². The molecule has 0 bridgehead atoms. The number of carbonyl (C=O) groups excluding carboxylic acids is 2. The standard InChI is InChI=1S/C12H17N5O4/c1-6(2)15-11(18)7(3)16-12(19)8-4-10(13)14-5-9(8)17(20)21/h4-7H,1-3H3,(H2,13,14)(H,15,18)(H,16,19). The fraction of sp³-hybridized carbons (Fsp3) is 0.417. The van der Waals surface area contributed by atoms with Gasteiger partial charge < -0.3 is 16.4 Å². The van der Waals surface area contributed by atoms with Crippen LogP contribution in [0.15, 0.2) is 12.3 Å². The number of hydrogen-bond donors (Lipinski definition) is 3. The molecule has 2 amide bonds. The Bertz CT molecular complexity index is 573. The molecule has 21 heavy (non-hydrogen) atoms. The van der Waals surface area contributed by atoms with Crippen LogP contribution in [0.2, 0.25) is 0 Å². The molecule has 1 aromatic heterocycles. The van der Waals surface area contributed by atoms with Crippen molar-refractivity contribution in [1.29, 1.82) is 0 Å². The Labute approximate surface area is 121 Å².